The van der Waals surface area contributed by atoms with Crippen molar-refractivity contribution < 1.29 is 45.0 Å². The zero-order chi connectivity index (χ0) is 31.8. The number of carbonyl (C=O) groups is 2. The average molecular weight is 601 g/mol. The first-order chi connectivity index (χ1) is 19.9. The minimum Gasteiger partial charge on any atom is -0.484 e. The van der Waals surface area contributed by atoms with Gasteiger partial charge in [-0.05, 0) is 107 Å². The van der Waals surface area contributed by atoms with E-state index in [-0.39, 0.29) is 48.7 Å². The maximum absolute atomic E-state index is 13.6. The van der Waals surface area contributed by atoms with E-state index in [4.69, 9.17) is 4.74 Å². The van der Waals surface area contributed by atoms with E-state index in [1.54, 1.807) is 45.0 Å². The Morgan fingerprint density at radius 2 is 1.74 bits per heavy atom. The molecule has 0 aromatic heterocycles. The summed E-state index contributed by atoms with van der Waals surface area (Å²) in [6.07, 6.45) is 1.49. The quantitative estimate of drug-likeness (QED) is 0.261. The van der Waals surface area contributed by atoms with Crippen LogP contribution in [0.25, 0.3) is 0 Å². The van der Waals surface area contributed by atoms with Crippen LogP contribution in [-0.2, 0) is 4.79 Å². The van der Waals surface area contributed by atoms with E-state index in [0.29, 0.717) is 31.3 Å². The number of ether oxygens (including phenoxy) is 1. The van der Waals surface area contributed by atoms with Crippen molar-refractivity contribution >= 4 is 11.8 Å². The normalized spacial score (nSPS) is 39.5. The molecule has 0 unspecified atom stereocenters. The third-order valence-electron chi connectivity index (χ3n) is 11.9. The number of hydrogen-bond acceptors (Lipinski definition) is 8. The summed E-state index contributed by atoms with van der Waals surface area (Å²) in [6.45, 7) is 9.07. The van der Waals surface area contributed by atoms with Crippen LogP contribution >= 0.6 is 0 Å². The number of benzene rings is 1. The summed E-state index contributed by atoms with van der Waals surface area (Å²) >= 11 is 0. The number of hydrogen-bond donors (Lipinski definition) is 6. The molecule has 43 heavy (non-hydrogen) atoms. The van der Waals surface area contributed by atoms with Gasteiger partial charge in [-0.15, -0.1) is 0 Å². The van der Waals surface area contributed by atoms with E-state index in [0.717, 1.165) is 0 Å². The molecule has 6 N–H and O–H groups in total. The zero-order valence-corrected chi connectivity index (χ0v) is 25.9. The lowest BCUT2D eigenvalue weighted by atomic mass is 9.45. The molecule has 9 nitrogen and oxygen atoms in total. The Morgan fingerprint density at radius 1 is 1.07 bits per heavy atom. The lowest BCUT2D eigenvalue weighted by Gasteiger charge is -2.61. The molecular formula is C34H48O9. The van der Waals surface area contributed by atoms with Crippen LogP contribution in [0.4, 0.5) is 0 Å². The van der Waals surface area contributed by atoms with E-state index in [1.807, 2.05) is 13.8 Å². The van der Waals surface area contributed by atoms with Gasteiger partial charge in [-0.2, -0.15) is 0 Å². The van der Waals surface area contributed by atoms with Gasteiger partial charge in [0.15, 0.2) is 5.78 Å². The number of carbonyl (C=O) groups excluding carboxylic acids is 1. The van der Waals surface area contributed by atoms with Gasteiger partial charge in [-0.1, -0.05) is 26.0 Å². The van der Waals surface area contributed by atoms with Crippen molar-refractivity contribution in [1.82, 2.24) is 0 Å². The molecule has 0 radical (unpaired) electrons. The van der Waals surface area contributed by atoms with Crippen molar-refractivity contribution in [2.24, 2.45) is 28.6 Å². The molecule has 0 amide bonds. The molecule has 3 fully saturated rings. The van der Waals surface area contributed by atoms with Crippen molar-refractivity contribution in [3.8, 4) is 5.75 Å². The molecule has 0 spiro atoms. The van der Waals surface area contributed by atoms with Gasteiger partial charge in [0.2, 0.25) is 0 Å². The summed E-state index contributed by atoms with van der Waals surface area (Å²) in [6, 6.07) is 6.30. The Balaban J connectivity index is 1.56. The summed E-state index contributed by atoms with van der Waals surface area (Å²) in [5, 5.41) is 65.8. The largest absolute Gasteiger partial charge is 0.484 e. The summed E-state index contributed by atoms with van der Waals surface area (Å²) in [7, 11) is 0. The highest BCUT2D eigenvalue weighted by atomic mass is 16.5. The molecular weight excluding hydrogens is 552 g/mol. The highest BCUT2D eigenvalue weighted by molar-refractivity contribution is 5.95. The Hall–Kier alpha value is -2.30. The smallest absolute Gasteiger partial charge is 0.339 e. The van der Waals surface area contributed by atoms with Crippen molar-refractivity contribution in [2.75, 3.05) is 0 Å². The number of para-hydroxylation sites is 1. The number of ketones is 1. The minimum atomic E-state index is -1.39. The number of fused-ring (bicyclic) bond motifs is 5. The van der Waals surface area contributed by atoms with Crippen LogP contribution in [0.1, 0.15) is 96.3 Å². The number of carboxylic acid groups (broad SMARTS) is 1. The predicted octanol–water partition coefficient (Wildman–Crippen LogP) is 3.64. The minimum absolute atomic E-state index is 0.0388. The van der Waals surface area contributed by atoms with E-state index >= 15 is 0 Å². The highest BCUT2D eigenvalue weighted by Gasteiger charge is 2.70. The number of rotatable bonds is 8. The number of aliphatic hydroxyl groups excluding tert-OH is 3. The molecule has 1 aromatic rings. The molecule has 9 heteroatoms. The first-order valence-electron chi connectivity index (χ1n) is 15.6. The third-order valence-corrected chi connectivity index (χ3v) is 11.9. The van der Waals surface area contributed by atoms with Crippen molar-refractivity contribution in [3.05, 3.63) is 41.5 Å². The number of allylic oxidation sites excluding steroid dienone is 1. The summed E-state index contributed by atoms with van der Waals surface area (Å²) in [5.74, 6) is -2.22. The van der Waals surface area contributed by atoms with E-state index in [9.17, 15) is 40.2 Å². The Kier molecular flexibility index (Phi) is 7.96. The second-order valence-electron chi connectivity index (χ2n) is 15.0. The van der Waals surface area contributed by atoms with Crippen LogP contribution in [0, 0.1) is 28.6 Å². The van der Waals surface area contributed by atoms with Gasteiger partial charge >= 0.3 is 5.97 Å². The standard InChI is InChI=1S/C34H48O9/c1-30(2,41)13-12-28(38)33(5,43-26-9-7-6-8-19(26)29(39)40)27-11-15-34(42)21-16-23(35)22-17-24(36)25(37)18-31(22,3)20(21)10-14-32(27,34)4/h6-9,16,20,22,24-25,27-28,36-38,41-42H,10-15,17-18H2,1-5H3,(H,39,40)/t20-,22+,24+,25-,27-,28+,31+,32+,33+,34+/m0/s1. The number of aliphatic hydroxyl groups is 5. The third kappa shape index (κ3) is 5.05. The van der Waals surface area contributed by atoms with Crippen LogP contribution in [0.2, 0.25) is 0 Å². The second kappa shape index (κ2) is 10.7. The van der Waals surface area contributed by atoms with E-state index < -0.39 is 63.8 Å². The first kappa shape index (κ1) is 32.1. The molecule has 4 aliphatic carbocycles. The van der Waals surface area contributed by atoms with Gasteiger partial charge < -0.3 is 35.4 Å². The topological polar surface area (TPSA) is 165 Å². The first-order valence-corrected chi connectivity index (χ1v) is 15.6. The van der Waals surface area contributed by atoms with E-state index in [1.165, 1.54) is 6.07 Å². The lowest BCUT2D eigenvalue weighted by Crippen LogP contribution is -2.63. The van der Waals surface area contributed by atoms with E-state index in [2.05, 4.69) is 0 Å². The summed E-state index contributed by atoms with van der Waals surface area (Å²) in [5.41, 5.74) is -4.61. The monoisotopic (exact) mass is 600 g/mol. The van der Waals surface area contributed by atoms with Crippen LogP contribution in [0.5, 0.6) is 5.75 Å². The van der Waals surface area contributed by atoms with Gasteiger partial charge in [0, 0.05) is 17.3 Å². The number of aromatic carboxylic acids is 1. The fraction of sp³-hybridized carbons (Fsp3) is 0.706. The fourth-order valence-corrected chi connectivity index (χ4v) is 9.41. The molecule has 5 rings (SSSR count). The van der Waals surface area contributed by atoms with Gasteiger partial charge in [-0.25, -0.2) is 4.79 Å². The van der Waals surface area contributed by atoms with Crippen molar-refractivity contribution in [2.45, 2.75) is 121 Å². The number of carboxylic acids is 1. The second-order valence-corrected chi connectivity index (χ2v) is 15.0. The lowest BCUT2D eigenvalue weighted by molar-refractivity contribution is -0.170. The molecule has 0 heterocycles. The fourth-order valence-electron chi connectivity index (χ4n) is 9.41. The highest BCUT2D eigenvalue weighted by Crippen LogP contribution is 2.69. The summed E-state index contributed by atoms with van der Waals surface area (Å²) in [4.78, 5) is 25.6. The molecule has 4 aliphatic rings. The van der Waals surface area contributed by atoms with Crippen molar-refractivity contribution in [3.63, 3.8) is 0 Å². The SMILES string of the molecule is CC(C)(O)CC[C@@H](O)[C@](C)(Oc1ccccc1C(=O)O)[C@H]1CC[C@@]2(O)C3=CC(=O)[C@H]4C[C@@H](O)[C@@H](O)C[C@]4(C)[C@H]3CC[C@]12C. The van der Waals surface area contributed by atoms with Crippen LogP contribution in [0.15, 0.2) is 35.9 Å². The molecule has 10 atom stereocenters. The molecule has 0 saturated heterocycles. The van der Waals surface area contributed by atoms with Crippen LogP contribution in [0.3, 0.4) is 0 Å². The maximum Gasteiger partial charge on any atom is 0.339 e. The molecule has 238 valence electrons. The molecule has 1 aromatic carbocycles. The van der Waals surface area contributed by atoms with Gasteiger partial charge in [0.1, 0.15) is 16.9 Å². The molecule has 3 saturated carbocycles. The maximum atomic E-state index is 13.6. The van der Waals surface area contributed by atoms with Crippen molar-refractivity contribution in [1.29, 1.82) is 0 Å². The van der Waals surface area contributed by atoms with Gasteiger partial charge in [0.05, 0.1) is 29.5 Å². The Morgan fingerprint density at radius 3 is 2.40 bits per heavy atom. The van der Waals surface area contributed by atoms with Crippen LogP contribution < -0.4 is 4.74 Å². The average Bonchev–Trinajstić information content (AvgIpc) is 3.20. The molecule has 0 aliphatic heterocycles. The van der Waals surface area contributed by atoms with Gasteiger partial charge in [-0.3, -0.25) is 4.79 Å². The molecule has 0 bridgehead atoms. The Bertz CT molecular complexity index is 1300. The predicted molar refractivity (Wildman–Crippen MR) is 158 cm³/mol. The zero-order valence-electron chi connectivity index (χ0n) is 25.9. The van der Waals surface area contributed by atoms with Gasteiger partial charge in [0.25, 0.3) is 0 Å². The Labute approximate surface area is 253 Å². The summed E-state index contributed by atoms with van der Waals surface area (Å²) < 4.78 is 6.58. The van der Waals surface area contributed by atoms with Crippen LogP contribution in [-0.4, -0.2) is 77.5 Å².